The van der Waals surface area contributed by atoms with Crippen LogP contribution in [0.5, 0.6) is 0 Å². The fourth-order valence-electron chi connectivity index (χ4n) is 1.67. The molecule has 2 rings (SSSR count). The lowest BCUT2D eigenvalue weighted by Crippen LogP contribution is -2.27. The molecule has 6 heteroatoms. The van der Waals surface area contributed by atoms with Gasteiger partial charge in [0, 0.05) is 30.5 Å². The average molecular weight is 280 g/mol. The van der Waals surface area contributed by atoms with Gasteiger partial charge >= 0.3 is 0 Å². The quantitative estimate of drug-likeness (QED) is 0.853. The first kappa shape index (κ1) is 13.9. The molecular formula is C13H17FN4S. The molecule has 0 amide bonds. The van der Waals surface area contributed by atoms with Gasteiger partial charge in [0.1, 0.15) is 11.6 Å². The summed E-state index contributed by atoms with van der Waals surface area (Å²) in [6.07, 6.45) is 1.56. The van der Waals surface area contributed by atoms with Gasteiger partial charge in [0.25, 0.3) is 0 Å². The number of aromatic nitrogens is 2. The lowest BCUT2D eigenvalue weighted by Gasteiger charge is -2.12. The molecule has 0 saturated heterocycles. The van der Waals surface area contributed by atoms with E-state index in [2.05, 4.69) is 21.6 Å². The summed E-state index contributed by atoms with van der Waals surface area (Å²) in [7, 11) is 0. The van der Waals surface area contributed by atoms with E-state index in [0.29, 0.717) is 13.0 Å². The molecule has 1 aromatic heterocycles. The summed E-state index contributed by atoms with van der Waals surface area (Å²) in [4.78, 5) is 4.41. The molecule has 2 aromatic rings. The third-order valence-electron chi connectivity index (χ3n) is 2.85. The van der Waals surface area contributed by atoms with Crippen molar-refractivity contribution in [2.24, 2.45) is 5.73 Å². The first-order valence-corrected chi connectivity index (χ1v) is 7.02. The van der Waals surface area contributed by atoms with Crippen molar-refractivity contribution < 1.29 is 4.39 Å². The first-order chi connectivity index (χ1) is 9.21. The van der Waals surface area contributed by atoms with E-state index in [9.17, 15) is 4.39 Å². The third kappa shape index (κ3) is 3.97. The molecule has 1 unspecified atom stereocenters. The van der Waals surface area contributed by atoms with Crippen LogP contribution in [0.15, 0.2) is 24.3 Å². The SMILES string of the molecule is CCC(CN)Nc1nc(Cc2ccc(F)cc2)ns1. The van der Waals surface area contributed by atoms with Crippen LogP contribution in [-0.2, 0) is 6.42 Å². The van der Waals surface area contributed by atoms with Gasteiger partial charge in [0.05, 0.1) is 0 Å². The summed E-state index contributed by atoms with van der Waals surface area (Å²) in [6.45, 7) is 2.65. The Morgan fingerprint density at radius 2 is 2.11 bits per heavy atom. The summed E-state index contributed by atoms with van der Waals surface area (Å²) in [5.74, 6) is 0.511. The Labute approximate surface area is 116 Å². The van der Waals surface area contributed by atoms with Crippen molar-refractivity contribution in [1.82, 2.24) is 9.36 Å². The van der Waals surface area contributed by atoms with E-state index in [1.54, 1.807) is 12.1 Å². The zero-order valence-corrected chi connectivity index (χ0v) is 11.6. The highest BCUT2D eigenvalue weighted by Gasteiger charge is 2.09. The fraction of sp³-hybridized carbons (Fsp3) is 0.385. The molecule has 0 aliphatic heterocycles. The van der Waals surface area contributed by atoms with Crippen LogP contribution in [-0.4, -0.2) is 21.9 Å². The van der Waals surface area contributed by atoms with Crippen molar-refractivity contribution in [1.29, 1.82) is 0 Å². The highest BCUT2D eigenvalue weighted by atomic mass is 32.1. The van der Waals surface area contributed by atoms with Gasteiger partial charge in [-0.05, 0) is 24.1 Å². The molecule has 0 spiro atoms. The van der Waals surface area contributed by atoms with Gasteiger partial charge in [-0.3, -0.25) is 0 Å². The molecule has 19 heavy (non-hydrogen) atoms. The number of rotatable bonds is 6. The van der Waals surface area contributed by atoms with Gasteiger partial charge < -0.3 is 11.1 Å². The predicted octanol–water partition coefficient (Wildman–Crippen LogP) is 2.42. The van der Waals surface area contributed by atoms with Crippen molar-refractivity contribution in [2.45, 2.75) is 25.8 Å². The van der Waals surface area contributed by atoms with Gasteiger partial charge in [-0.1, -0.05) is 19.1 Å². The molecule has 0 aliphatic carbocycles. The Bertz CT molecular complexity index is 508. The van der Waals surface area contributed by atoms with Crippen LogP contribution in [0.3, 0.4) is 0 Å². The molecule has 1 atom stereocenters. The molecule has 1 aromatic carbocycles. The molecule has 0 bridgehead atoms. The van der Waals surface area contributed by atoms with Crippen molar-refractivity contribution in [3.05, 3.63) is 41.5 Å². The Balaban J connectivity index is 1.99. The standard InChI is InChI=1S/C13H17FN4S/c1-2-11(8-15)16-13-17-12(18-19-13)7-9-3-5-10(14)6-4-9/h3-6,11H,2,7-8,15H2,1H3,(H,16,17,18). The maximum Gasteiger partial charge on any atom is 0.202 e. The minimum atomic E-state index is -0.230. The Morgan fingerprint density at radius 3 is 2.74 bits per heavy atom. The number of hydrogen-bond acceptors (Lipinski definition) is 5. The maximum absolute atomic E-state index is 12.8. The van der Waals surface area contributed by atoms with Gasteiger partial charge in [-0.25, -0.2) is 9.37 Å². The van der Waals surface area contributed by atoms with Crippen LogP contribution in [0.1, 0.15) is 24.7 Å². The number of nitrogens with one attached hydrogen (secondary N) is 1. The average Bonchev–Trinajstić information content (AvgIpc) is 2.86. The zero-order chi connectivity index (χ0) is 13.7. The molecule has 0 aliphatic rings. The summed E-state index contributed by atoms with van der Waals surface area (Å²) in [5, 5.41) is 4.04. The minimum Gasteiger partial charge on any atom is -0.356 e. The zero-order valence-electron chi connectivity index (χ0n) is 10.8. The van der Waals surface area contributed by atoms with E-state index >= 15 is 0 Å². The van der Waals surface area contributed by atoms with Crippen molar-refractivity contribution in [2.75, 3.05) is 11.9 Å². The highest BCUT2D eigenvalue weighted by molar-refractivity contribution is 7.09. The molecule has 3 N–H and O–H groups in total. The molecule has 0 saturated carbocycles. The van der Waals surface area contributed by atoms with Crippen molar-refractivity contribution in [3.63, 3.8) is 0 Å². The van der Waals surface area contributed by atoms with Gasteiger partial charge in [-0.2, -0.15) is 4.37 Å². The van der Waals surface area contributed by atoms with Gasteiger partial charge in [0.2, 0.25) is 5.13 Å². The minimum absolute atomic E-state index is 0.228. The molecule has 0 radical (unpaired) electrons. The van der Waals surface area contributed by atoms with Gasteiger partial charge in [0.15, 0.2) is 0 Å². The molecular weight excluding hydrogens is 263 g/mol. The molecule has 4 nitrogen and oxygen atoms in total. The van der Waals surface area contributed by atoms with E-state index in [1.807, 2.05) is 0 Å². The first-order valence-electron chi connectivity index (χ1n) is 6.25. The monoisotopic (exact) mass is 280 g/mol. The van der Waals surface area contributed by atoms with E-state index in [4.69, 9.17) is 5.73 Å². The van der Waals surface area contributed by atoms with E-state index in [-0.39, 0.29) is 11.9 Å². The number of anilines is 1. The second kappa shape index (κ2) is 6.58. The van der Waals surface area contributed by atoms with E-state index < -0.39 is 0 Å². The highest BCUT2D eigenvalue weighted by Crippen LogP contribution is 2.15. The van der Waals surface area contributed by atoms with E-state index in [1.165, 1.54) is 23.7 Å². The molecule has 1 heterocycles. The maximum atomic E-state index is 12.8. The largest absolute Gasteiger partial charge is 0.356 e. The number of nitrogens with two attached hydrogens (primary N) is 1. The van der Waals surface area contributed by atoms with Crippen LogP contribution >= 0.6 is 11.5 Å². The predicted molar refractivity (Wildman–Crippen MR) is 75.9 cm³/mol. The molecule has 102 valence electrons. The Hall–Kier alpha value is -1.53. The lowest BCUT2D eigenvalue weighted by molar-refractivity contribution is 0.627. The van der Waals surface area contributed by atoms with Crippen molar-refractivity contribution >= 4 is 16.7 Å². The summed E-state index contributed by atoms with van der Waals surface area (Å²) in [5.41, 5.74) is 6.63. The third-order valence-corrected chi connectivity index (χ3v) is 3.53. The molecule has 0 fully saturated rings. The second-order valence-corrected chi connectivity index (χ2v) is 5.06. The van der Waals surface area contributed by atoms with Crippen LogP contribution in [0.4, 0.5) is 9.52 Å². The normalized spacial score (nSPS) is 12.4. The summed E-state index contributed by atoms with van der Waals surface area (Å²) >= 11 is 1.33. The van der Waals surface area contributed by atoms with Gasteiger partial charge in [-0.15, -0.1) is 0 Å². The number of benzene rings is 1. The Kier molecular flexibility index (Phi) is 4.81. The topological polar surface area (TPSA) is 63.8 Å². The fourth-order valence-corrected chi connectivity index (χ4v) is 2.33. The van der Waals surface area contributed by atoms with Crippen LogP contribution in [0, 0.1) is 5.82 Å². The second-order valence-electron chi connectivity index (χ2n) is 4.30. The van der Waals surface area contributed by atoms with Crippen LogP contribution < -0.4 is 11.1 Å². The lowest BCUT2D eigenvalue weighted by atomic mass is 10.1. The number of hydrogen-bond donors (Lipinski definition) is 2. The number of nitrogens with zero attached hydrogens (tertiary/aromatic N) is 2. The van der Waals surface area contributed by atoms with E-state index in [0.717, 1.165) is 22.9 Å². The summed E-state index contributed by atoms with van der Waals surface area (Å²) in [6, 6.07) is 6.62. The van der Waals surface area contributed by atoms with Crippen molar-refractivity contribution in [3.8, 4) is 0 Å². The van der Waals surface area contributed by atoms with Crippen LogP contribution in [0.25, 0.3) is 0 Å². The Morgan fingerprint density at radius 1 is 1.37 bits per heavy atom. The smallest absolute Gasteiger partial charge is 0.202 e. The number of halogens is 1. The van der Waals surface area contributed by atoms with Crippen LogP contribution in [0.2, 0.25) is 0 Å². The summed E-state index contributed by atoms with van der Waals surface area (Å²) < 4.78 is 17.1.